The average molecular weight is 235 g/mol. The maximum absolute atomic E-state index is 11.2. The fourth-order valence-corrected chi connectivity index (χ4v) is 1.82. The molecule has 3 heteroatoms. The van der Waals surface area contributed by atoms with Gasteiger partial charge in [0.05, 0.1) is 12.6 Å². The van der Waals surface area contributed by atoms with E-state index in [0.717, 1.165) is 19.3 Å². The monoisotopic (exact) mass is 235 g/mol. The Labute approximate surface area is 103 Å². The second-order valence-electron chi connectivity index (χ2n) is 4.10. The van der Waals surface area contributed by atoms with E-state index in [1.807, 2.05) is 36.4 Å². The lowest BCUT2D eigenvalue weighted by molar-refractivity contribution is -0.122. The highest BCUT2D eigenvalue weighted by Gasteiger charge is 2.20. The normalized spacial score (nSPS) is 19.4. The van der Waals surface area contributed by atoms with Gasteiger partial charge in [-0.25, -0.2) is 0 Å². The minimum atomic E-state index is 0.0240. The van der Waals surface area contributed by atoms with Crippen LogP contribution in [0.4, 0.5) is 0 Å². The Hall–Kier alpha value is -1.19. The Morgan fingerprint density at radius 2 is 1.71 bits per heavy atom. The van der Waals surface area contributed by atoms with E-state index in [2.05, 4.69) is 5.32 Å². The van der Waals surface area contributed by atoms with E-state index in [1.165, 1.54) is 0 Å². The molecule has 0 aromatic heterocycles. The number of carbonyl (C=O) groups is 1. The van der Waals surface area contributed by atoms with E-state index in [1.54, 1.807) is 0 Å². The van der Waals surface area contributed by atoms with Crippen LogP contribution in [-0.4, -0.2) is 30.1 Å². The van der Waals surface area contributed by atoms with Crippen molar-refractivity contribution in [3.63, 3.8) is 0 Å². The highest BCUT2D eigenvalue weighted by atomic mass is 16.3. The number of aliphatic hydroxyl groups is 1. The Morgan fingerprint density at radius 3 is 2.18 bits per heavy atom. The number of carbonyl (C=O) groups excluding carboxylic acids is 1. The van der Waals surface area contributed by atoms with Gasteiger partial charge in [-0.2, -0.15) is 0 Å². The third-order valence-electron chi connectivity index (χ3n) is 2.72. The van der Waals surface area contributed by atoms with Crippen LogP contribution < -0.4 is 5.32 Å². The number of rotatable bonds is 3. The van der Waals surface area contributed by atoms with Crippen LogP contribution in [0.15, 0.2) is 36.4 Å². The molecular weight excluding hydrogens is 214 g/mol. The topological polar surface area (TPSA) is 49.3 Å². The highest BCUT2D eigenvalue weighted by molar-refractivity contribution is 5.84. The van der Waals surface area contributed by atoms with Crippen LogP contribution in [0.3, 0.4) is 0 Å². The number of nitrogens with one attached hydrogen (secondary N) is 1. The van der Waals surface area contributed by atoms with Gasteiger partial charge >= 0.3 is 0 Å². The number of aliphatic hydroxyl groups excluding tert-OH is 1. The van der Waals surface area contributed by atoms with Crippen molar-refractivity contribution in [3.05, 3.63) is 36.4 Å². The molecule has 2 N–H and O–H groups in total. The SMILES string of the molecule is O=C1CCCCC1NCCO.c1ccccc1. The van der Waals surface area contributed by atoms with Crippen LogP contribution in [0.1, 0.15) is 25.7 Å². The number of Topliss-reactive ketones (excluding diaryl/α,β-unsaturated/α-hetero) is 1. The summed E-state index contributed by atoms with van der Waals surface area (Å²) >= 11 is 0. The van der Waals surface area contributed by atoms with E-state index in [9.17, 15) is 4.79 Å². The molecule has 1 fully saturated rings. The van der Waals surface area contributed by atoms with Gasteiger partial charge in [-0.1, -0.05) is 42.8 Å². The lowest BCUT2D eigenvalue weighted by atomic mass is 9.94. The third kappa shape index (κ3) is 6.19. The van der Waals surface area contributed by atoms with E-state index in [4.69, 9.17) is 5.11 Å². The van der Waals surface area contributed by atoms with Gasteiger partial charge < -0.3 is 10.4 Å². The van der Waals surface area contributed by atoms with Crippen molar-refractivity contribution in [2.24, 2.45) is 0 Å². The maximum Gasteiger partial charge on any atom is 0.149 e. The van der Waals surface area contributed by atoms with Crippen molar-refractivity contribution >= 4 is 5.78 Å². The summed E-state index contributed by atoms with van der Waals surface area (Å²) in [4.78, 5) is 11.2. The fraction of sp³-hybridized carbons (Fsp3) is 0.500. The summed E-state index contributed by atoms with van der Waals surface area (Å²) in [6, 6.07) is 12.0. The van der Waals surface area contributed by atoms with Crippen LogP contribution in [0.5, 0.6) is 0 Å². The van der Waals surface area contributed by atoms with Crippen molar-refractivity contribution in [2.75, 3.05) is 13.2 Å². The number of hydrogen-bond acceptors (Lipinski definition) is 3. The first kappa shape index (κ1) is 13.9. The zero-order chi connectivity index (χ0) is 12.3. The van der Waals surface area contributed by atoms with E-state index < -0.39 is 0 Å². The molecule has 1 atom stereocenters. The van der Waals surface area contributed by atoms with Crippen LogP contribution in [0.2, 0.25) is 0 Å². The average Bonchev–Trinajstić information content (AvgIpc) is 2.41. The van der Waals surface area contributed by atoms with E-state index in [0.29, 0.717) is 18.7 Å². The Bertz CT molecular complexity index is 274. The van der Waals surface area contributed by atoms with Crippen molar-refractivity contribution in [3.8, 4) is 0 Å². The number of hydrogen-bond donors (Lipinski definition) is 2. The standard InChI is InChI=1S/C8H15NO2.C6H6/c10-6-5-9-7-3-1-2-4-8(7)11;1-2-4-6-5-3-1/h7,9-10H,1-6H2;1-6H. The van der Waals surface area contributed by atoms with E-state index >= 15 is 0 Å². The molecule has 17 heavy (non-hydrogen) atoms. The fourth-order valence-electron chi connectivity index (χ4n) is 1.82. The van der Waals surface area contributed by atoms with Gasteiger partial charge in [0.15, 0.2) is 0 Å². The Kier molecular flexibility index (Phi) is 7.27. The molecule has 1 aliphatic rings. The molecule has 2 rings (SSSR count). The molecule has 1 unspecified atom stereocenters. The largest absolute Gasteiger partial charge is 0.395 e. The van der Waals surface area contributed by atoms with Gasteiger partial charge in [0.1, 0.15) is 5.78 Å². The van der Waals surface area contributed by atoms with Crippen molar-refractivity contribution in [1.82, 2.24) is 5.32 Å². The molecule has 0 aliphatic heterocycles. The summed E-state index contributed by atoms with van der Waals surface area (Å²) in [5, 5.41) is 11.5. The molecule has 0 heterocycles. The molecule has 1 aromatic rings. The van der Waals surface area contributed by atoms with Crippen molar-refractivity contribution in [1.29, 1.82) is 0 Å². The van der Waals surface area contributed by atoms with Crippen LogP contribution in [0.25, 0.3) is 0 Å². The lowest BCUT2D eigenvalue weighted by Gasteiger charge is -2.20. The van der Waals surface area contributed by atoms with Crippen LogP contribution in [-0.2, 0) is 4.79 Å². The molecule has 1 saturated carbocycles. The summed E-state index contributed by atoms with van der Waals surface area (Å²) in [6.07, 6.45) is 3.83. The first-order valence-corrected chi connectivity index (χ1v) is 6.21. The van der Waals surface area contributed by atoms with Gasteiger partial charge in [-0.3, -0.25) is 4.79 Å². The van der Waals surface area contributed by atoms with Gasteiger partial charge in [-0.15, -0.1) is 0 Å². The summed E-state index contributed by atoms with van der Waals surface area (Å²) in [6.45, 7) is 0.653. The Balaban J connectivity index is 0.000000202. The van der Waals surface area contributed by atoms with Crippen LogP contribution >= 0.6 is 0 Å². The Morgan fingerprint density at radius 1 is 1.12 bits per heavy atom. The van der Waals surface area contributed by atoms with Crippen LogP contribution in [0, 0.1) is 0 Å². The van der Waals surface area contributed by atoms with Gasteiger partial charge in [0.25, 0.3) is 0 Å². The smallest absolute Gasteiger partial charge is 0.149 e. The molecule has 0 spiro atoms. The number of ketones is 1. The lowest BCUT2D eigenvalue weighted by Crippen LogP contribution is -2.40. The molecule has 1 aromatic carbocycles. The molecule has 0 radical (unpaired) electrons. The second kappa shape index (κ2) is 8.90. The summed E-state index contributed by atoms with van der Waals surface area (Å²) < 4.78 is 0. The maximum atomic E-state index is 11.2. The molecule has 0 amide bonds. The first-order chi connectivity index (χ1) is 8.34. The predicted molar refractivity (Wildman–Crippen MR) is 68.8 cm³/mol. The minimum absolute atomic E-state index is 0.0240. The zero-order valence-corrected chi connectivity index (χ0v) is 10.1. The summed E-state index contributed by atoms with van der Waals surface area (Å²) in [5.41, 5.74) is 0. The van der Waals surface area contributed by atoms with Gasteiger partial charge in [0, 0.05) is 13.0 Å². The number of benzene rings is 1. The third-order valence-corrected chi connectivity index (χ3v) is 2.72. The highest BCUT2D eigenvalue weighted by Crippen LogP contribution is 2.13. The zero-order valence-electron chi connectivity index (χ0n) is 10.1. The minimum Gasteiger partial charge on any atom is -0.395 e. The molecular formula is C14H21NO2. The first-order valence-electron chi connectivity index (χ1n) is 6.21. The second-order valence-corrected chi connectivity index (χ2v) is 4.10. The van der Waals surface area contributed by atoms with Gasteiger partial charge in [0.2, 0.25) is 0 Å². The van der Waals surface area contributed by atoms with Crippen molar-refractivity contribution < 1.29 is 9.90 Å². The molecule has 1 aliphatic carbocycles. The summed E-state index contributed by atoms with van der Waals surface area (Å²) in [7, 11) is 0. The molecule has 3 nitrogen and oxygen atoms in total. The summed E-state index contributed by atoms with van der Waals surface area (Å²) in [5.74, 6) is 0.310. The molecule has 0 bridgehead atoms. The van der Waals surface area contributed by atoms with Gasteiger partial charge in [-0.05, 0) is 12.8 Å². The van der Waals surface area contributed by atoms with E-state index in [-0.39, 0.29) is 12.6 Å². The molecule has 0 saturated heterocycles. The predicted octanol–water partition coefficient (Wildman–Crippen LogP) is 1.77. The van der Waals surface area contributed by atoms with Crippen molar-refractivity contribution in [2.45, 2.75) is 31.7 Å². The quantitative estimate of drug-likeness (QED) is 0.839. The molecule has 94 valence electrons.